The maximum Gasteiger partial charge on any atom is 0.371 e. The predicted octanol–water partition coefficient (Wildman–Crippen LogP) is 2.24. The Bertz CT molecular complexity index is 404. The van der Waals surface area contributed by atoms with E-state index in [2.05, 4.69) is 0 Å². The van der Waals surface area contributed by atoms with Gasteiger partial charge in [-0.25, -0.2) is 4.79 Å². The molecule has 0 aromatic heterocycles. The van der Waals surface area contributed by atoms with Crippen LogP contribution in [-0.2, 0) is 9.53 Å². The van der Waals surface area contributed by atoms with Crippen LogP contribution in [0.15, 0.2) is 30.0 Å². The predicted molar refractivity (Wildman–Crippen MR) is 60.0 cm³/mol. The monoisotopic (exact) mass is 222 g/mol. The molecule has 0 unspecified atom stereocenters. The number of rotatable bonds is 4. The van der Waals surface area contributed by atoms with Crippen LogP contribution in [0.3, 0.4) is 0 Å². The first-order valence-corrected chi connectivity index (χ1v) is 4.90. The van der Waals surface area contributed by atoms with E-state index in [1.807, 2.05) is 6.92 Å². The number of methoxy groups -OCH3 is 1. The van der Waals surface area contributed by atoms with Crippen LogP contribution in [-0.4, -0.2) is 23.3 Å². The fraction of sp³-hybridized carbons (Fsp3) is 0.250. The zero-order valence-corrected chi connectivity index (χ0v) is 9.23. The molecule has 0 aliphatic heterocycles. The zero-order valence-electron chi connectivity index (χ0n) is 9.23. The summed E-state index contributed by atoms with van der Waals surface area (Å²) in [6.07, 6.45) is 0.542. The number of carboxylic acids is 1. The summed E-state index contributed by atoms with van der Waals surface area (Å²) in [5.74, 6) is -1.01. The van der Waals surface area contributed by atoms with Crippen LogP contribution >= 0.6 is 0 Å². The van der Waals surface area contributed by atoms with Gasteiger partial charge in [0.25, 0.3) is 0 Å². The molecule has 0 aliphatic rings. The van der Waals surface area contributed by atoms with Crippen LogP contribution in [0.4, 0.5) is 0 Å². The number of carboxylic acid groups (broad SMARTS) is 1. The van der Waals surface area contributed by atoms with E-state index in [1.165, 1.54) is 19.2 Å². The summed E-state index contributed by atoms with van der Waals surface area (Å²) in [6, 6.07) is 6.35. The molecule has 16 heavy (non-hydrogen) atoms. The standard InChI is InChI=1S/C12H14O4/c1-3-10(11(16-2)12(14)15)8-4-6-9(13)7-5-8/h4-7,13H,3H2,1-2H3,(H,14,15)/b11-10-. The van der Waals surface area contributed by atoms with Gasteiger partial charge in [0.2, 0.25) is 5.76 Å². The first-order chi connectivity index (χ1) is 7.60. The molecular formula is C12H14O4. The van der Waals surface area contributed by atoms with E-state index in [-0.39, 0.29) is 11.5 Å². The van der Waals surface area contributed by atoms with Crippen LogP contribution in [0.1, 0.15) is 18.9 Å². The smallest absolute Gasteiger partial charge is 0.371 e. The molecule has 1 aromatic carbocycles. The van der Waals surface area contributed by atoms with Gasteiger partial charge in [-0.3, -0.25) is 0 Å². The highest BCUT2D eigenvalue weighted by atomic mass is 16.5. The van der Waals surface area contributed by atoms with Crippen molar-refractivity contribution in [2.24, 2.45) is 0 Å². The quantitative estimate of drug-likeness (QED) is 0.605. The van der Waals surface area contributed by atoms with Crippen LogP contribution in [0.25, 0.3) is 5.57 Å². The maximum absolute atomic E-state index is 10.9. The zero-order chi connectivity index (χ0) is 12.1. The maximum atomic E-state index is 10.9. The van der Waals surface area contributed by atoms with Gasteiger partial charge in [0.05, 0.1) is 7.11 Å². The summed E-state index contributed by atoms with van der Waals surface area (Å²) in [5, 5.41) is 18.1. The molecule has 0 atom stereocenters. The number of phenolic OH excluding ortho intramolecular Hbond substituents is 1. The Balaban J connectivity index is 3.24. The molecule has 0 aliphatic carbocycles. The highest BCUT2D eigenvalue weighted by molar-refractivity contribution is 5.94. The van der Waals surface area contributed by atoms with Crippen molar-refractivity contribution in [3.05, 3.63) is 35.6 Å². The van der Waals surface area contributed by atoms with E-state index in [0.717, 1.165) is 5.56 Å². The molecule has 4 heteroatoms. The van der Waals surface area contributed by atoms with Crippen LogP contribution in [0, 0.1) is 0 Å². The number of allylic oxidation sites excluding steroid dienone is 1. The Kier molecular flexibility index (Phi) is 3.94. The Morgan fingerprint density at radius 3 is 2.25 bits per heavy atom. The van der Waals surface area contributed by atoms with Gasteiger partial charge in [-0.15, -0.1) is 0 Å². The lowest BCUT2D eigenvalue weighted by Crippen LogP contribution is -2.06. The average Bonchev–Trinajstić information content (AvgIpc) is 2.26. The fourth-order valence-electron chi connectivity index (χ4n) is 1.50. The van der Waals surface area contributed by atoms with Crippen molar-refractivity contribution in [2.45, 2.75) is 13.3 Å². The summed E-state index contributed by atoms with van der Waals surface area (Å²) in [4.78, 5) is 10.9. The lowest BCUT2D eigenvalue weighted by molar-refractivity contribution is -0.135. The molecule has 0 heterocycles. The first kappa shape index (κ1) is 12.1. The second-order valence-corrected chi connectivity index (χ2v) is 3.22. The van der Waals surface area contributed by atoms with E-state index >= 15 is 0 Å². The summed E-state index contributed by atoms with van der Waals surface area (Å²) >= 11 is 0. The van der Waals surface area contributed by atoms with Crippen molar-refractivity contribution in [3.8, 4) is 5.75 Å². The number of phenols is 1. The van der Waals surface area contributed by atoms with Gasteiger partial charge in [-0.2, -0.15) is 0 Å². The lowest BCUT2D eigenvalue weighted by atomic mass is 10.0. The average molecular weight is 222 g/mol. The summed E-state index contributed by atoms with van der Waals surface area (Å²) in [6.45, 7) is 1.85. The second-order valence-electron chi connectivity index (χ2n) is 3.22. The number of aliphatic carboxylic acids is 1. The van der Waals surface area contributed by atoms with E-state index in [4.69, 9.17) is 14.9 Å². The Labute approximate surface area is 93.8 Å². The fourth-order valence-corrected chi connectivity index (χ4v) is 1.50. The third-order valence-electron chi connectivity index (χ3n) is 2.24. The molecule has 0 amide bonds. The molecule has 1 aromatic rings. The van der Waals surface area contributed by atoms with E-state index < -0.39 is 5.97 Å². The molecule has 0 radical (unpaired) electrons. The van der Waals surface area contributed by atoms with E-state index in [1.54, 1.807) is 12.1 Å². The number of carbonyl (C=O) groups is 1. The number of benzene rings is 1. The van der Waals surface area contributed by atoms with Gasteiger partial charge < -0.3 is 14.9 Å². The number of hydrogen-bond acceptors (Lipinski definition) is 3. The van der Waals surface area contributed by atoms with E-state index in [9.17, 15) is 4.79 Å². The van der Waals surface area contributed by atoms with Gasteiger partial charge >= 0.3 is 5.97 Å². The highest BCUT2D eigenvalue weighted by Gasteiger charge is 2.15. The molecule has 0 saturated carbocycles. The minimum atomic E-state index is -1.09. The SMILES string of the molecule is CC/C(=C(/OC)C(=O)O)c1ccc(O)cc1. The van der Waals surface area contributed by atoms with Crippen molar-refractivity contribution < 1.29 is 19.7 Å². The third kappa shape index (κ3) is 2.53. The van der Waals surface area contributed by atoms with Gasteiger partial charge in [0.1, 0.15) is 5.75 Å². The van der Waals surface area contributed by atoms with Crippen molar-refractivity contribution in [3.63, 3.8) is 0 Å². The summed E-state index contributed by atoms with van der Waals surface area (Å²) < 4.78 is 4.87. The highest BCUT2D eigenvalue weighted by Crippen LogP contribution is 2.24. The van der Waals surface area contributed by atoms with Crippen LogP contribution < -0.4 is 0 Å². The molecular weight excluding hydrogens is 208 g/mol. The molecule has 0 fully saturated rings. The largest absolute Gasteiger partial charge is 0.508 e. The van der Waals surface area contributed by atoms with Crippen molar-refractivity contribution >= 4 is 11.5 Å². The van der Waals surface area contributed by atoms with Gasteiger partial charge in [0.15, 0.2) is 0 Å². The molecule has 0 bridgehead atoms. The number of aromatic hydroxyl groups is 1. The molecule has 2 N–H and O–H groups in total. The molecule has 4 nitrogen and oxygen atoms in total. The Morgan fingerprint density at radius 1 is 1.31 bits per heavy atom. The van der Waals surface area contributed by atoms with Crippen LogP contribution in [0.5, 0.6) is 5.75 Å². The molecule has 0 saturated heterocycles. The minimum absolute atomic E-state index is 0.0619. The Morgan fingerprint density at radius 2 is 1.88 bits per heavy atom. The summed E-state index contributed by atoms with van der Waals surface area (Å²) in [7, 11) is 1.33. The topological polar surface area (TPSA) is 66.8 Å². The number of ether oxygens (including phenoxy) is 1. The molecule has 1 rings (SSSR count). The molecule has 0 spiro atoms. The first-order valence-electron chi connectivity index (χ1n) is 4.90. The van der Waals surface area contributed by atoms with Crippen molar-refractivity contribution in [2.75, 3.05) is 7.11 Å². The van der Waals surface area contributed by atoms with Crippen molar-refractivity contribution in [1.29, 1.82) is 0 Å². The second kappa shape index (κ2) is 5.21. The Hall–Kier alpha value is -1.97. The van der Waals surface area contributed by atoms with Gasteiger partial charge in [0, 0.05) is 5.57 Å². The minimum Gasteiger partial charge on any atom is -0.508 e. The van der Waals surface area contributed by atoms with Gasteiger partial charge in [-0.05, 0) is 24.1 Å². The third-order valence-corrected chi connectivity index (χ3v) is 2.24. The summed E-state index contributed by atoms with van der Waals surface area (Å²) in [5.41, 5.74) is 1.34. The van der Waals surface area contributed by atoms with Gasteiger partial charge in [-0.1, -0.05) is 19.1 Å². The van der Waals surface area contributed by atoms with Crippen molar-refractivity contribution in [1.82, 2.24) is 0 Å². The lowest BCUT2D eigenvalue weighted by Gasteiger charge is -2.09. The van der Waals surface area contributed by atoms with E-state index in [0.29, 0.717) is 12.0 Å². The normalized spacial score (nSPS) is 11.9. The number of hydrogen-bond donors (Lipinski definition) is 2. The van der Waals surface area contributed by atoms with Crippen LogP contribution in [0.2, 0.25) is 0 Å². The molecule has 86 valence electrons.